The Morgan fingerprint density at radius 2 is 1.33 bits per heavy atom. The van der Waals surface area contributed by atoms with Gasteiger partial charge in [-0.15, -0.1) is 4.76 Å². The molecule has 0 bridgehead atoms. The van der Waals surface area contributed by atoms with Crippen molar-refractivity contribution in [3.63, 3.8) is 0 Å². The highest BCUT2D eigenvalue weighted by atomic mass is 31.2. The van der Waals surface area contributed by atoms with Crippen LogP contribution in [0, 0.1) is 5.92 Å². The number of carboxylic acid groups (broad SMARTS) is 1. The van der Waals surface area contributed by atoms with Crippen LogP contribution in [0.25, 0.3) is 0 Å². The second kappa shape index (κ2) is 19.5. The molecule has 1 aliphatic carbocycles. The van der Waals surface area contributed by atoms with Crippen LogP contribution in [-0.2, 0) is 37.4 Å². The third-order valence-corrected chi connectivity index (χ3v) is 7.19. The molecule has 0 aliphatic heterocycles. The smallest absolute Gasteiger partial charge is 0.480 e. The average molecular weight is 582 g/mol. The fourth-order valence-corrected chi connectivity index (χ4v) is 5.11. The van der Waals surface area contributed by atoms with Gasteiger partial charge in [0.05, 0.1) is 39.6 Å². The molecule has 39 heavy (non-hydrogen) atoms. The van der Waals surface area contributed by atoms with Gasteiger partial charge >= 0.3 is 26.0 Å². The average Bonchev–Trinajstić information content (AvgIpc) is 2.90. The van der Waals surface area contributed by atoms with E-state index in [0.717, 1.165) is 32.1 Å². The molecule has 0 aromatic carbocycles. The number of aliphatic carboxylic acids is 1. The zero-order chi connectivity index (χ0) is 29.1. The quantitative estimate of drug-likeness (QED) is 0.0767. The molecular formula is C24H44N3O11P. The van der Waals surface area contributed by atoms with E-state index in [1.54, 1.807) is 0 Å². The number of carbonyl (C=O) groups excluding carboxylic acids is 2. The van der Waals surface area contributed by atoms with Crippen LogP contribution >= 0.6 is 7.75 Å². The molecule has 14 nitrogen and oxygen atoms in total. The van der Waals surface area contributed by atoms with Crippen molar-refractivity contribution < 1.29 is 52.1 Å². The SMILES string of the molecule is CCCOC(=O)OCCCOP(=O)(N=C(N)N(C)C(C(=O)O)C1CCCCC1)OCCCOC(=O)OCCC. The first-order valence-corrected chi connectivity index (χ1v) is 14.9. The van der Waals surface area contributed by atoms with E-state index in [9.17, 15) is 24.1 Å². The highest BCUT2D eigenvalue weighted by Crippen LogP contribution is 2.50. The molecule has 0 spiro atoms. The van der Waals surface area contributed by atoms with Crippen LogP contribution in [0.15, 0.2) is 4.76 Å². The molecule has 0 heterocycles. The molecule has 15 heteroatoms. The number of nitrogens with two attached hydrogens (primary N) is 1. The van der Waals surface area contributed by atoms with Crippen molar-refractivity contribution in [3.8, 4) is 0 Å². The van der Waals surface area contributed by atoms with Crippen LogP contribution in [0.3, 0.4) is 0 Å². The van der Waals surface area contributed by atoms with Crippen molar-refractivity contribution in [1.29, 1.82) is 0 Å². The number of ether oxygens (including phenoxy) is 4. The number of nitrogens with zero attached hydrogens (tertiary/aromatic N) is 2. The third kappa shape index (κ3) is 14.4. The number of hydrogen-bond donors (Lipinski definition) is 2. The van der Waals surface area contributed by atoms with Crippen molar-refractivity contribution in [2.45, 2.75) is 77.7 Å². The molecule has 0 amide bonds. The van der Waals surface area contributed by atoms with E-state index in [0.29, 0.717) is 12.8 Å². The number of guanidine groups is 1. The number of carboxylic acids is 1. The molecule has 1 rings (SSSR count). The van der Waals surface area contributed by atoms with Gasteiger partial charge < -0.3 is 34.7 Å². The van der Waals surface area contributed by atoms with E-state index >= 15 is 0 Å². The van der Waals surface area contributed by atoms with Crippen molar-refractivity contribution in [1.82, 2.24) is 4.90 Å². The lowest BCUT2D eigenvalue weighted by molar-refractivity contribution is -0.143. The molecule has 1 unspecified atom stereocenters. The summed E-state index contributed by atoms with van der Waals surface area (Å²) in [5.74, 6) is -1.50. The first kappa shape index (κ1) is 34.5. The summed E-state index contributed by atoms with van der Waals surface area (Å²) >= 11 is 0. The summed E-state index contributed by atoms with van der Waals surface area (Å²) in [4.78, 5) is 36.2. The highest BCUT2D eigenvalue weighted by Gasteiger charge is 2.35. The van der Waals surface area contributed by atoms with E-state index in [-0.39, 0.29) is 64.4 Å². The molecule has 1 atom stereocenters. The monoisotopic (exact) mass is 581 g/mol. The van der Waals surface area contributed by atoms with Crippen LogP contribution in [0.1, 0.15) is 71.6 Å². The summed E-state index contributed by atoms with van der Waals surface area (Å²) in [6, 6.07) is -0.951. The summed E-state index contributed by atoms with van der Waals surface area (Å²) in [5, 5.41) is 9.85. The van der Waals surface area contributed by atoms with Crippen molar-refractivity contribution in [2.75, 3.05) is 46.7 Å². The number of likely N-dealkylation sites (N-methyl/N-ethyl adjacent to an activating group) is 1. The maximum Gasteiger partial charge on any atom is 0.508 e. The zero-order valence-corrected chi connectivity index (χ0v) is 24.1. The Morgan fingerprint density at radius 1 is 0.872 bits per heavy atom. The molecule has 226 valence electrons. The van der Waals surface area contributed by atoms with Gasteiger partial charge in [0.25, 0.3) is 0 Å². The largest absolute Gasteiger partial charge is 0.508 e. The van der Waals surface area contributed by atoms with Gasteiger partial charge in [-0.25, -0.2) is 18.9 Å². The van der Waals surface area contributed by atoms with Gasteiger partial charge in [-0.05, 0) is 31.6 Å². The fourth-order valence-electron chi connectivity index (χ4n) is 3.81. The molecule has 1 saturated carbocycles. The van der Waals surface area contributed by atoms with Crippen LogP contribution in [0.2, 0.25) is 0 Å². The van der Waals surface area contributed by atoms with Crippen molar-refractivity contribution in [2.24, 2.45) is 16.4 Å². The number of hydrogen-bond acceptors (Lipinski definition) is 10. The Morgan fingerprint density at radius 3 is 1.77 bits per heavy atom. The normalized spacial score (nSPS) is 15.3. The minimum atomic E-state index is -4.22. The Labute approximate surface area is 230 Å². The molecule has 1 fully saturated rings. The van der Waals surface area contributed by atoms with E-state index in [1.807, 2.05) is 13.8 Å². The summed E-state index contributed by atoms with van der Waals surface area (Å²) in [6.45, 7) is 3.72. The van der Waals surface area contributed by atoms with E-state index in [4.69, 9.17) is 33.7 Å². The lowest BCUT2D eigenvalue weighted by atomic mass is 9.83. The molecule has 0 aromatic heterocycles. The lowest BCUT2D eigenvalue weighted by Gasteiger charge is -2.34. The van der Waals surface area contributed by atoms with Crippen LogP contribution < -0.4 is 5.73 Å². The minimum Gasteiger partial charge on any atom is -0.480 e. The predicted molar refractivity (Wildman–Crippen MR) is 141 cm³/mol. The van der Waals surface area contributed by atoms with Crippen LogP contribution in [0.4, 0.5) is 9.59 Å². The molecule has 0 saturated heterocycles. The van der Waals surface area contributed by atoms with Gasteiger partial charge in [-0.3, -0.25) is 9.05 Å². The first-order valence-electron chi connectivity index (χ1n) is 13.4. The molecular weight excluding hydrogens is 537 g/mol. The summed E-state index contributed by atoms with van der Waals surface area (Å²) in [7, 11) is -2.74. The molecule has 3 N–H and O–H groups in total. The lowest BCUT2D eigenvalue weighted by Crippen LogP contribution is -2.50. The maximum atomic E-state index is 13.4. The van der Waals surface area contributed by atoms with Crippen molar-refractivity contribution >= 4 is 32.0 Å². The van der Waals surface area contributed by atoms with Gasteiger partial charge in [0.2, 0.25) is 5.96 Å². The first-order chi connectivity index (χ1) is 18.6. The van der Waals surface area contributed by atoms with Gasteiger partial charge in [-0.1, -0.05) is 33.1 Å². The standard InChI is InChI=1S/C24H44N3O11P/c1-4-13-33-23(30)35-15-9-17-37-39(32,38-18-10-16-36-24(31)34-14-5-2)26-22(25)27(3)20(21(28)29)19-11-7-6-8-12-19/h19-20H,4-18H2,1-3H3,(H,28,29)(H2,25,26,32). The van der Waals surface area contributed by atoms with Crippen LogP contribution in [0.5, 0.6) is 0 Å². The summed E-state index contributed by atoms with van der Waals surface area (Å²) in [5.41, 5.74) is 6.09. The number of carbonyl (C=O) groups is 3. The Hall–Kier alpha value is -2.57. The maximum absolute atomic E-state index is 13.4. The van der Waals surface area contributed by atoms with E-state index in [2.05, 4.69) is 4.76 Å². The Bertz CT molecular complexity index is 787. The summed E-state index contributed by atoms with van der Waals surface area (Å²) < 4.78 is 47.6. The molecule has 0 radical (unpaired) electrons. The van der Waals surface area contributed by atoms with Crippen molar-refractivity contribution in [3.05, 3.63) is 0 Å². The van der Waals surface area contributed by atoms with Gasteiger partial charge in [0, 0.05) is 19.9 Å². The topological polar surface area (TPSA) is 186 Å². The van der Waals surface area contributed by atoms with Crippen LogP contribution in [-0.4, -0.2) is 87.0 Å². The summed E-state index contributed by atoms with van der Waals surface area (Å²) in [6.07, 6.45) is 4.35. The number of rotatable bonds is 18. The Balaban J connectivity index is 2.80. The zero-order valence-electron chi connectivity index (χ0n) is 23.2. The second-order valence-electron chi connectivity index (χ2n) is 8.99. The third-order valence-electron chi connectivity index (χ3n) is 5.73. The van der Waals surface area contributed by atoms with Gasteiger partial charge in [-0.2, -0.15) is 0 Å². The van der Waals surface area contributed by atoms with E-state index in [1.165, 1.54) is 11.9 Å². The second-order valence-corrected chi connectivity index (χ2v) is 10.6. The van der Waals surface area contributed by atoms with Gasteiger partial charge in [0.15, 0.2) is 0 Å². The fraction of sp³-hybridized carbons (Fsp3) is 0.833. The van der Waals surface area contributed by atoms with Gasteiger partial charge in [0.1, 0.15) is 6.04 Å². The van der Waals surface area contributed by atoms with E-state index < -0.39 is 32.1 Å². The minimum absolute atomic E-state index is 0.0574. The Kier molecular flexibility index (Phi) is 17.2. The highest BCUT2D eigenvalue weighted by molar-refractivity contribution is 7.52. The molecule has 0 aromatic rings. The molecule has 1 aliphatic rings. The predicted octanol–water partition coefficient (Wildman–Crippen LogP) is 4.31.